The highest BCUT2D eigenvalue weighted by Crippen LogP contribution is 2.44. The number of alkyl carbamates (subject to hydrolysis) is 1. The van der Waals surface area contributed by atoms with Crippen molar-refractivity contribution in [1.29, 1.82) is 0 Å². The number of benzene rings is 3. The van der Waals surface area contributed by atoms with Crippen molar-refractivity contribution in [3.63, 3.8) is 0 Å². The van der Waals surface area contributed by atoms with E-state index in [4.69, 9.17) is 33.2 Å². The van der Waals surface area contributed by atoms with Gasteiger partial charge in [0.2, 0.25) is 12.4 Å². The SMILES string of the molecule is COC(=O)[C@H]1O[C@@H](Oc2ccc(C[C@H](NC(=O)OCC3c4ccccc4-c4ccccc43)C(=O)O)cc2)[C@H](OC(C)=O)[C@@H](OC(C)=O)[C@@H]1OC(C)=O. The maximum atomic E-state index is 12.8. The third kappa shape index (κ3) is 8.66. The van der Waals surface area contributed by atoms with Crippen LogP contribution in [-0.2, 0) is 58.8 Å². The maximum Gasteiger partial charge on any atom is 0.407 e. The molecule has 0 spiro atoms. The number of carbonyl (C=O) groups excluding carboxylic acids is 5. The van der Waals surface area contributed by atoms with Crippen LogP contribution in [-0.4, -0.2) is 91.5 Å². The number of amides is 1. The minimum atomic E-state index is -1.64. The third-order valence-corrected chi connectivity index (χ3v) is 8.38. The fourth-order valence-corrected chi connectivity index (χ4v) is 6.23. The second-order valence-electron chi connectivity index (χ2n) is 12.0. The Bertz CT molecular complexity index is 1780. The lowest BCUT2D eigenvalue weighted by molar-refractivity contribution is -0.282. The molecule has 1 amide bonds. The second kappa shape index (κ2) is 16.4. The molecule has 3 aromatic carbocycles. The van der Waals surface area contributed by atoms with E-state index >= 15 is 0 Å². The van der Waals surface area contributed by atoms with E-state index in [1.54, 1.807) is 0 Å². The van der Waals surface area contributed by atoms with E-state index in [1.165, 1.54) is 24.3 Å². The minimum Gasteiger partial charge on any atom is -0.480 e. The Labute approximate surface area is 298 Å². The van der Waals surface area contributed by atoms with Crippen molar-refractivity contribution in [2.45, 2.75) is 69.9 Å². The number of ether oxygens (including phenoxy) is 7. The first-order valence-corrected chi connectivity index (χ1v) is 16.2. The lowest BCUT2D eigenvalue weighted by atomic mass is 9.97. The van der Waals surface area contributed by atoms with E-state index in [1.807, 2.05) is 48.5 Å². The van der Waals surface area contributed by atoms with Gasteiger partial charge < -0.3 is 43.6 Å². The lowest BCUT2D eigenvalue weighted by Crippen LogP contribution is -2.64. The Hall–Kier alpha value is -5.96. The smallest absolute Gasteiger partial charge is 0.407 e. The number of fused-ring (bicyclic) bond motifs is 3. The molecule has 3 aromatic rings. The average molecular weight is 720 g/mol. The molecule has 15 nitrogen and oxygen atoms in total. The molecule has 0 radical (unpaired) electrons. The van der Waals surface area contributed by atoms with Gasteiger partial charge in [0.05, 0.1) is 7.11 Å². The molecule has 6 atom stereocenters. The highest BCUT2D eigenvalue weighted by molar-refractivity contribution is 5.81. The molecule has 1 saturated heterocycles. The van der Waals surface area contributed by atoms with Crippen molar-refractivity contribution in [2.24, 2.45) is 0 Å². The topological polar surface area (TPSA) is 199 Å². The summed E-state index contributed by atoms with van der Waals surface area (Å²) in [5, 5.41) is 12.3. The van der Waals surface area contributed by atoms with Crippen molar-refractivity contribution in [3.8, 4) is 16.9 Å². The number of carboxylic acid groups (broad SMARTS) is 1. The van der Waals surface area contributed by atoms with Crippen LogP contribution in [0, 0.1) is 0 Å². The first-order valence-electron chi connectivity index (χ1n) is 16.2. The number of hydrogen-bond donors (Lipinski definition) is 2. The van der Waals surface area contributed by atoms with Gasteiger partial charge in [-0.15, -0.1) is 0 Å². The average Bonchev–Trinajstić information content (AvgIpc) is 3.42. The minimum absolute atomic E-state index is 0.00653. The number of carboxylic acids is 1. The Morgan fingerprint density at radius 3 is 1.83 bits per heavy atom. The number of hydrogen-bond acceptors (Lipinski definition) is 13. The first kappa shape index (κ1) is 37.3. The fraction of sp³-hybridized carbons (Fsp3) is 0.351. The molecular formula is C37H37NO14. The summed E-state index contributed by atoms with van der Waals surface area (Å²) in [6.45, 7) is 3.22. The van der Waals surface area contributed by atoms with Gasteiger partial charge in [-0.05, 0) is 39.9 Å². The van der Waals surface area contributed by atoms with E-state index in [9.17, 15) is 33.9 Å². The van der Waals surface area contributed by atoms with Crippen molar-refractivity contribution in [1.82, 2.24) is 5.32 Å². The fourth-order valence-electron chi connectivity index (χ4n) is 6.23. The van der Waals surface area contributed by atoms with E-state index in [2.05, 4.69) is 5.32 Å². The largest absolute Gasteiger partial charge is 0.480 e. The summed E-state index contributed by atoms with van der Waals surface area (Å²) >= 11 is 0. The summed E-state index contributed by atoms with van der Waals surface area (Å²) in [7, 11) is 1.07. The molecule has 1 fully saturated rings. The maximum absolute atomic E-state index is 12.8. The van der Waals surface area contributed by atoms with Crippen LogP contribution < -0.4 is 10.1 Å². The van der Waals surface area contributed by atoms with Crippen LogP contribution in [0.15, 0.2) is 72.8 Å². The van der Waals surface area contributed by atoms with Crippen LogP contribution in [0.2, 0.25) is 0 Å². The lowest BCUT2D eigenvalue weighted by Gasteiger charge is -2.43. The monoisotopic (exact) mass is 719 g/mol. The first-order chi connectivity index (χ1) is 24.9. The van der Waals surface area contributed by atoms with Gasteiger partial charge in [0.15, 0.2) is 18.3 Å². The molecular weight excluding hydrogens is 682 g/mol. The number of rotatable bonds is 12. The molecule has 1 aliphatic heterocycles. The standard InChI is InChI=1S/C37H37NO14/c1-19(39)48-30-31(49-20(2)40)33(50-21(3)41)36(52-32(30)35(44)46-4)51-23-15-13-22(14-16-23)17-29(34(42)43)38-37(45)47-18-28-26-11-7-5-9-24(26)25-10-6-8-12-27(25)28/h5-16,28-33,36H,17-18H2,1-4H3,(H,38,45)(H,42,43)/t29-,30-,31-,32-,33+,36+/m0/s1. The molecule has 274 valence electrons. The Kier molecular flexibility index (Phi) is 11.7. The molecule has 0 aromatic heterocycles. The predicted octanol–water partition coefficient (Wildman–Crippen LogP) is 3.29. The van der Waals surface area contributed by atoms with Crippen molar-refractivity contribution >= 4 is 35.9 Å². The van der Waals surface area contributed by atoms with Gasteiger partial charge in [-0.1, -0.05) is 60.7 Å². The molecule has 2 N–H and O–H groups in total. The van der Waals surface area contributed by atoms with Crippen LogP contribution in [0.1, 0.15) is 43.4 Å². The van der Waals surface area contributed by atoms with E-state index in [-0.39, 0.29) is 24.7 Å². The summed E-state index contributed by atoms with van der Waals surface area (Å²) in [5.74, 6) is -4.88. The van der Waals surface area contributed by atoms with Crippen molar-refractivity contribution < 1.29 is 67.0 Å². The molecule has 1 aliphatic carbocycles. The highest BCUT2D eigenvalue weighted by Gasteiger charge is 2.55. The van der Waals surface area contributed by atoms with Gasteiger partial charge in [0.1, 0.15) is 18.4 Å². The summed E-state index contributed by atoms with van der Waals surface area (Å²) in [6, 6.07) is 20.3. The summed E-state index contributed by atoms with van der Waals surface area (Å²) in [4.78, 5) is 73.6. The van der Waals surface area contributed by atoms with Gasteiger partial charge >= 0.3 is 35.9 Å². The quantitative estimate of drug-likeness (QED) is 0.204. The highest BCUT2D eigenvalue weighted by atomic mass is 16.7. The van der Waals surface area contributed by atoms with Gasteiger partial charge in [-0.2, -0.15) is 0 Å². The van der Waals surface area contributed by atoms with Gasteiger partial charge in [0, 0.05) is 33.1 Å². The molecule has 0 saturated carbocycles. The molecule has 0 bridgehead atoms. The Morgan fingerprint density at radius 1 is 0.750 bits per heavy atom. The predicted molar refractivity (Wildman–Crippen MR) is 178 cm³/mol. The Balaban J connectivity index is 1.26. The van der Waals surface area contributed by atoms with Crippen LogP contribution in [0.5, 0.6) is 5.75 Å². The number of carbonyl (C=O) groups is 6. The third-order valence-electron chi connectivity index (χ3n) is 8.38. The zero-order valence-corrected chi connectivity index (χ0v) is 28.6. The number of methoxy groups -OCH3 is 1. The zero-order chi connectivity index (χ0) is 37.5. The van der Waals surface area contributed by atoms with Crippen LogP contribution in [0.4, 0.5) is 4.79 Å². The van der Waals surface area contributed by atoms with E-state index in [0.717, 1.165) is 50.1 Å². The summed E-state index contributed by atoms with van der Waals surface area (Å²) in [5.41, 5.74) is 4.62. The zero-order valence-electron chi connectivity index (χ0n) is 28.6. The van der Waals surface area contributed by atoms with Crippen molar-refractivity contribution in [3.05, 3.63) is 89.5 Å². The normalized spacial score (nSPS) is 21.0. The summed E-state index contributed by atoms with van der Waals surface area (Å²) in [6.07, 6.45) is -8.84. The number of nitrogens with one attached hydrogen (secondary N) is 1. The molecule has 2 aliphatic rings. The number of aliphatic carboxylic acids is 1. The van der Waals surface area contributed by atoms with Crippen LogP contribution in [0.25, 0.3) is 11.1 Å². The van der Waals surface area contributed by atoms with Crippen LogP contribution >= 0.6 is 0 Å². The van der Waals surface area contributed by atoms with E-state index in [0.29, 0.717) is 5.56 Å². The van der Waals surface area contributed by atoms with Gasteiger partial charge in [-0.3, -0.25) is 14.4 Å². The molecule has 1 heterocycles. The molecule has 0 unspecified atom stereocenters. The van der Waals surface area contributed by atoms with E-state index < -0.39 is 72.7 Å². The molecule has 52 heavy (non-hydrogen) atoms. The second-order valence-corrected chi connectivity index (χ2v) is 12.0. The van der Waals surface area contributed by atoms with Gasteiger partial charge in [0.25, 0.3) is 0 Å². The van der Waals surface area contributed by atoms with Crippen molar-refractivity contribution in [2.75, 3.05) is 13.7 Å². The molecule has 5 rings (SSSR count). The van der Waals surface area contributed by atoms with Crippen LogP contribution in [0.3, 0.4) is 0 Å². The molecule has 15 heteroatoms. The summed E-state index contributed by atoms with van der Waals surface area (Å²) < 4.78 is 37.9. The Morgan fingerprint density at radius 2 is 1.29 bits per heavy atom. The number of esters is 4. The van der Waals surface area contributed by atoms with Gasteiger partial charge in [-0.25, -0.2) is 14.4 Å².